The SMILES string of the molecule is C=CCN(CCO)S(=O)(=O)C(C)CNC. The Morgan fingerprint density at radius 1 is 1.60 bits per heavy atom. The van der Waals surface area contributed by atoms with Gasteiger partial charge in [-0.1, -0.05) is 6.08 Å². The van der Waals surface area contributed by atoms with Crippen LogP contribution >= 0.6 is 0 Å². The van der Waals surface area contributed by atoms with Gasteiger partial charge >= 0.3 is 0 Å². The van der Waals surface area contributed by atoms with Crippen LogP contribution in [0.2, 0.25) is 0 Å². The molecule has 0 aromatic carbocycles. The average Bonchev–Trinajstić information content (AvgIpc) is 2.18. The van der Waals surface area contributed by atoms with E-state index in [-0.39, 0.29) is 19.7 Å². The highest BCUT2D eigenvalue weighted by Crippen LogP contribution is 2.07. The lowest BCUT2D eigenvalue weighted by Crippen LogP contribution is -2.42. The van der Waals surface area contributed by atoms with Crippen LogP contribution in [-0.4, -0.2) is 56.4 Å². The molecule has 2 N–H and O–H groups in total. The van der Waals surface area contributed by atoms with Crippen LogP contribution in [-0.2, 0) is 10.0 Å². The van der Waals surface area contributed by atoms with E-state index in [2.05, 4.69) is 11.9 Å². The maximum absolute atomic E-state index is 11.9. The van der Waals surface area contributed by atoms with Crippen LogP contribution in [0.15, 0.2) is 12.7 Å². The standard InChI is InChI=1S/C9H20N2O3S/c1-4-5-11(6-7-12)15(13,14)9(2)8-10-3/h4,9-10,12H,1,5-8H2,2-3H3. The van der Waals surface area contributed by atoms with Crippen molar-refractivity contribution in [2.75, 3.05) is 33.3 Å². The summed E-state index contributed by atoms with van der Waals surface area (Å²) in [5.74, 6) is 0. The number of nitrogens with zero attached hydrogens (tertiary/aromatic N) is 1. The first-order valence-electron chi connectivity index (χ1n) is 4.86. The Morgan fingerprint density at radius 2 is 2.20 bits per heavy atom. The van der Waals surface area contributed by atoms with Crippen molar-refractivity contribution >= 4 is 10.0 Å². The van der Waals surface area contributed by atoms with Gasteiger partial charge in [0.1, 0.15) is 0 Å². The average molecular weight is 236 g/mol. The number of hydrogen-bond donors (Lipinski definition) is 2. The molecule has 15 heavy (non-hydrogen) atoms. The zero-order valence-corrected chi connectivity index (χ0v) is 10.1. The lowest BCUT2D eigenvalue weighted by molar-refractivity contribution is 0.259. The van der Waals surface area contributed by atoms with E-state index in [9.17, 15) is 8.42 Å². The molecule has 0 aromatic heterocycles. The third-order valence-corrected chi connectivity index (χ3v) is 4.28. The lowest BCUT2D eigenvalue weighted by atomic mass is 10.5. The monoisotopic (exact) mass is 236 g/mol. The number of aliphatic hydroxyl groups excluding tert-OH is 1. The molecule has 0 radical (unpaired) electrons. The molecular weight excluding hydrogens is 216 g/mol. The molecule has 1 atom stereocenters. The smallest absolute Gasteiger partial charge is 0.218 e. The van der Waals surface area contributed by atoms with E-state index < -0.39 is 15.3 Å². The molecule has 0 fully saturated rings. The van der Waals surface area contributed by atoms with Gasteiger partial charge in [-0.25, -0.2) is 8.42 Å². The molecule has 0 aliphatic carbocycles. The first-order chi connectivity index (χ1) is 7.00. The van der Waals surface area contributed by atoms with Gasteiger partial charge in [0.05, 0.1) is 11.9 Å². The molecule has 0 spiro atoms. The second-order valence-electron chi connectivity index (χ2n) is 3.28. The van der Waals surface area contributed by atoms with E-state index >= 15 is 0 Å². The summed E-state index contributed by atoms with van der Waals surface area (Å²) in [6.07, 6.45) is 1.51. The van der Waals surface area contributed by atoms with Crippen molar-refractivity contribution < 1.29 is 13.5 Å². The van der Waals surface area contributed by atoms with E-state index in [4.69, 9.17) is 5.11 Å². The zero-order chi connectivity index (χ0) is 11.9. The van der Waals surface area contributed by atoms with Gasteiger partial charge in [0.25, 0.3) is 0 Å². The molecule has 0 aliphatic heterocycles. The Hall–Kier alpha value is -0.430. The molecule has 0 heterocycles. The Balaban J connectivity index is 4.68. The largest absolute Gasteiger partial charge is 0.395 e. The summed E-state index contributed by atoms with van der Waals surface area (Å²) < 4.78 is 25.1. The fourth-order valence-corrected chi connectivity index (χ4v) is 2.76. The molecule has 6 heteroatoms. The minimum atomic E-state index is -3.35. The molecule has 90 valence electrons. The summed E-state index contributed by atoms with van der Waals surface area (Å²) in [7, 11) is -1.64. The third-order valence-electron chi connectivity index (χ3n) is 2.04. The quantitative estimate of drug-likeness (QED) is 0.552. The van der Waals surface area contributed by atoms with Gasteiger partial charge in [0.2, 0.25) is 10.0 Å². The van der Waals surface area contributed by atoms with Crippen molar-refractivity contribution in [3.63, 3.8) is 0 Å². The maximum Gasteiger partial charge on any atom is 0.218 e. The molecule has 0 saturated heterocycles. The van der Waals surface area contributed by atoms with E-state index in [0.717, 1.165) is 0 Å². The highest BCUT2D eigenvalue weighted by atomic mass is 32.2. The molecule has 1 unspecified atom stereocenters. The summed E-state index contributed by atoms with van der Waals surface area (Å²) in [5, 5.41) is 11.1. The van der Waals surface area contributed by atoms with E-state index in [1.807, 2.05) is 0 Å². The molecule has 0 aliphatic rings. The molecule has 0 saturated carbocycles. The molecule has 0 bridgehead atoms. The van der Waals surface area contributed by atoms with Crippen LogP contribution in [0, 0.1) is 0 Å². The fraction of sp³-hybridized carbons (Fsp3) is 0.778. The van der Waals surface area contributed by atoms with Crippen LogP contribution in [0.4, 0.5) is 0 Å². The minimum Gasteiger partial charge on any atom is -0.395 e. The summed E-state index contributed by atoms with van der Waals surface area (Å²) in [5.41, 5.74) is 0. The van der Waals surface area contributed by atoms with Gasteiger partial charge in [-0.15, -0.1) is 6.58 Å². The highest BCUT2D eigenvalue weighted by Gasteiger charge is 2.26. The topological polar surface area (TPSA) is 69.6 Å². The number of nitrogens with one attached hydrogen (secondary N) is 1. The van der Waals surface area contributed by atoms with Crippen LogP contribution in [0.5, 0.6) is 0 Å². The Labute approximate surface area is 91.8 Å². The molecule has 5 nitrogen and oxygen atoms in total. The number of hydrogen-bond acceptors (Lipinski definition) is 4. The summed E-state index contributed by atoms with van der Waals surface area (Å²) in [4.78, 5) is 0. The van der Waals surface area contributed by atoms with Gasteiger partial charge in [0.15, 0.2) is 0 Å². The summed E-state index contributed by atoms with van der Waals surface area (Å²) >= 11 is 0. The van der Waals surface area contributed by atoms with Crippen molar-refractivity contribution in [3.05, 3.63) is 12.7 Å². The Morgan fingerprint density at radius 3 is 2.60 bits per heavy atom. The van der Waals surface area contributed by atoms with Gasteiger partial charge in [0, 0.05) is 19.6 Å². The lowest BCUT2D eigenvalue weighted by Gasteiger charge is -2.23. The van der Waals surface area contributed by atoms with Gasteiger partial charge in [-0.05, 0) is 14.0 Å². The molecular formula is C9H20N2O3S. The van der Waals surface area contributed by atoms with Gasteiger partial charge in [-0.3, -0.25) is 0 Å². The first-order valence-corrected chi connectivity index (χ1v) is 6.36. The normalized spacial score (nSPS) is 14.1. The third kappa shape index (κ3) is 4.29. The van der Waals surface area contributed by atoms with Crippen LogP contribution in [0.3, 0.4) is 0 Å². The summed E-state index contributed by atoms with van der Waals surface area (Å²) in [6, 6.07) is 0. The Bertz CT molecular complexity index is 277. The van der Waals surface area contributed by atoms with Crippen LogP contribution < -0.4 is 5.32 Å². The zero-order valence-electron chi connectivity index (χ0n) is 9.31. The molecule has 0 aromatic rings. The maximum atomic E-state index is 11.9. The summed E-state index contributed by atoms with van der Waals surface area (Å²) in [6.45, 7) is 5.69. The second kappa shape index (κ2) is 6.95. The fourth-order valence-electron chi connectivity index (χ4n) is 1.23. The minimum absolute atomic E-state index is 0.113. The predicted octanol–water partition coefficient (Wildman–Crippen LogP) is -0.596. The van der Waals surface area contributed by atoms with Crippen molar-refractivity contribution in [1.82, 2.24) is 9.62 Å². The van der Waals surface area contributed by atoms with Crippen molar-refractivity contribution in [2.24, 2.45) is 0 Å². The van der Waals surface area contributed by atoms with Gasteiger partial charge < -0.3 is 10.4 Å². The van der Waals surface area contributed by atoms with E-state index in [1.54, 1.807) is 14.0 Å². The highest BCUT2D eigenvalue weighted by molar-refractivity contribution is 7.89. The second-order valence-corrected chi connectivity index (χ2v) is 5.63. The number of sulfonamides is 1. The molecule has 0 rings (SSSR count). The van der Waals surface area contributed by atoms with E-state index in [1.165, 1.54) is 10.4 Å². The van der Waals surface area contributed by atoms with Crippen molar-refractivity contribution in [3.8, 4) is 0 Å². The van der Waals surface area contributed by atoms with E-state index in [0.29, 0.717) is 6.54 Å². The Kier molecular flexibility index (Phi) is 6.75. The van der Waals surface area contributed by atoms with Crippen molar-refractivity contribution in [2.45, 2.75) is 12.2 Å². The molecule has 0 amide bonds. The van der Waals surface area contributed by atoms with Crippen LogP contribution in [0.25, 0.3) is 0 Å². The van der Waals surface area contributed by atoms with Gasteiger partial charge in [-0.2, -0.15) is 4.31 Å². The van der Waals surface area contributed by atoms with Crippen molar-refractivity contribution in [1.29, 1.82) is 0 Å². The van der Waals surface area contributed by atoms with Crippen LogP contribution in [0.1, 0.15) is 6.92 Å². The first kappa shape index (κ1) is 14.6. The number of aliphatic hydroxyl groups is 1. The number of rotatable bonds is 8. The predicted molar refractivity (Wildman–Crippen MR) is 61.2 cm³/mol.